The fraction of sp³-hybridized carbons (Fsp3) is 0.889. The van der Waals surface area contributed by atoms with Crippen LogP contribution in [0.4, 0.5) is 0 Å². The summed E-state index contributed by atoms with van der Waals surface area (Å²) in [6.07, 6.45) is 45.2. The number of unbranched alkanes of at least 4 members (excludes halogenated alkanes) is 27. The Morgan fingerprint density at radius 3 is 1.24 bits per heavy atom. The Labute approximate surface area is 316 Å². The number of allylic oxidation sites excluding steroid dienone is 4. The van der Waals surface area contributed by atoms with E-state index in [1.165, 1.54) is 154 Å². The van der Waals surface area contributed by atoms with Crippen molar-refractivity contribution in [3.63, 3.8) is 0 Å². The van der Waals surface area contributed by atoms with E-state index in [4.69, 9.17) is 0 Å². The molecule has 0 aliphatic heterocycles. The number of rotatable bonds is 40. The topological polar surface area (TPSA) is 110 Å². The first-order valence-electron chi connectivity index (χ1n) is 22.2. The third kappa shape index (κ3) is 34.3. The molecule has 0 saturated carbocycles. The summed E-state index contributed by atoms with van der Waals surface area (Å²) in [6.45, 7) is 4.02. The average Bonchev–Trinajstić information content (AvgIpc) is 3.13. The highest BCUT2D eigenvalue weighted by atomic mass is 16.3. The zero-order valence-electron chi connectivity index (χ0n) is 33.9. The molecular formula is C45H87NO5. The van der Waals surface area contributed by atoms with Crippen molar-refractivity contribution >= 4 is 5.91 Å². The van der Waals surface area contributed by atoms with Gasteiger partial charge in [0.25, 0.3) is 0 Å². The van der Waals surface area contributed by atoms with Crippen LogP contribution in [0, 0.1) is 0 Å². The van der Waals surface area contributed by atoms with Gasteiger partial charge < -0.3 is 25.7 Å². The van der Waals surface area contributed by atoms with Crippen molar-refractivity contribution in [3.8, 4) is 0 Å². The second-order valence-corrected chi connectivity index (χ2v) is 15.4. The number of hydrogen-bond acceptors (Lipinski definition) is 5. The van der Waals surface area contributed by atoms with E-state index in [1.54, 1.807) is 0 Å². The highest BCUT2D eigenvalue weighted by Crippen LogP contribution is 2.16. The molecule has 0 spiro atoms. The molecule has 6 heteroatoms. The Hall–Kier alpha value is -1.21. The Morgan fingerprint density at radius 1 is 0.471 bits per heavy atom. The highest BCUT2D eigenvalue weighted by Gasteiger charge is 2.28. The van der Waals surface area contributed by atoms with Gasteiger partial charge in [-0.25, -0.2) is 0 Å². The van der Waals surface area contributed by atoms with Crippen LogP contribution >= 0.6 is 0 Å². The first-order valence-corrected chi connectivity index (χ1v) is 22.2. The number of carbonyl (C=O) groups is 1. The van der Waals surface area contributed by atoms with Gasteiger partial charge in [-0.1, -0.05) is 199 Å². The van der Waals surface area contributed by atoms with Crippen LogP contribution in [0.25, 0.3) is 0 Å². The predicted molar refractivity (Wildman–Crippen MR) is 219 cm³/mol. The molecule has 4 unspecified atom stereocenters. The molecule has 0 fully saturated rings. The molecule has 1 amide bonds. The van der Waals surface area contributed by atoms with Crippen LogP contribution in [-0.2, 0) is 4.79 Å². The Kier molecular flexibility index (Phi) is 39.0. The molecule has 51 heavy (non-hydrogen) atoms. The van der Waals surface area contributed by atoms with Crippen LogP contribution in [0.2, 0.25) is 0 Å². The van der Waals surface area contributed by atoms with Gasteiger partial charge in [-0.05, 0) is 51.4 Å². The number of aliphatic hydroxyl groups is 4. The Morgan fingerprint density at radius 2 is 0.824 bits per heavy atom. The van der Waals surface area contributed by atoms with E-state index in [0.717, 1.165) is 38.5 Å². The minimum absolute atomic E-state index is 0.362. The van der Waals surface area contributed by atoms with E-state index >= 15 is 0 Å². The third-order valence-electron chi connectivity index (χ3n) is 10.4. The molecule has 0 aliphatic carbocycles. The second kappa shape index (κ2) is 40.0. The maximum atomic E-state index is 12.4. The van der Waals surface area contributed by atoms with E-state index in [1.807, 2.05) is 0 Å². The SMILES string of the molecule is CCCCCCCCCCCCCCCCCC/C=C/CC/C=C/CCCC(O)C(O)C(CO)NC(=O)C(O)CCCCCCCCCCCC. The normalized spacial score (nSPS) is 14.4. The lowest BCUT2D eigenvalue weighted by Gasteiger charge is -2.27. The van der Waals surface area contributed by atoms with Crippen molar-refractivity contribution in [1.82, 2.24) is 5.32 Å². The van der Waals surface area contributed by atoms with E-state index in [0.29, 0.717) is 19.3 Å². The summed E-state index contributed by atoms with van der Waals surface area (Å²) in [5.74, 6) is -0.599. The van der Waals surface area contributed by atoms with Crippen molar-refractivity contribution in [3.05, 3.63) is 24.3 Å². The van der Waals surface area contributed by atoms with E-state index < -0.39 is 36.9 Å². The molecule has 0 aliphatic rings. The molecule has 0 bridgehead atoms. The molecule has 0 aromatic rings. The lowest BCUT2D eigenvalue weighted by Crippen LogP contribution is -2.53. The standard InChI is InChI=1S/C45H87NO5/c1-3-5-7-9-11-13-15-16-17-18-19-20-21-22-23-24-25-26-27-28-29-31-32-34-36-38-42(48)44(50)41(40-47)46-45(51)43(49)39-37-35-33-30-14-12-10-8-6-4-2/h26-27,31-32,41-44,47-50H,3-25,28-30,33-40H2,1-2H3,(H,46,51)/b27-26+,32-31+. The van der Waals surface area contributed by atoms with Gasteiger partial charge in [0.05, 0.1) is 18.8 Å². The molecule has 4 atom stereocenters. The van der Waals surface area contributed by atoms with Crippen LogP contribution in [0.3, 0.4) is 0 Å². The fourth-order valence-corrected chi connectivity index (χ4v) is 6.83. The first kappa shape index (κ1) is 49.8. The molecule has 0 aromatic heterocycles. The molecule has 0 heterocycles. The van der Waals surface area contributed by atoms with E-state index in [9.17, 15) is 25.2 Å². The minimum Gasteiger partial charge on any atom is -0.394 e. The van der Waals surface area contributed by atoms with Crippen molar-refractivity contribution in [2.75, 3.05) is 6.61 Å². The predicted octanol–water partition coefficient (Wildman–Crippen LogP) is 11.6. The summed E-state index contributed by atoms with van der Waals surface area (Å²) in [5, 5.41) is 43.5. The lowest BCUT2D eigenvalue weighted by atomic mass is 10.00. The Bertz CT molecular complexity index is 772. The van der Waals surface area contributed by atoms with Gasteiger partial charge in [0.1, 0.15) is 12.2 Å². The van der Waals surface area contributed by atoms with Crippen molar-refractivity contribution in [2.45, 2.75) is 250 Å². The van der Waals surface area contributed by atoms with Gasteiger partial charge in [0, 0.05) is 0 Å². The minimum atomic E-state index is -1.29. The average molecular weight is 722 g/mol. The first-order chi connectivity index (χ1) is 25.0. The molecule has 0 saturated heterocycles. The van der Waals surface area contributed by atoms with E-state index in [2.05, 4.69) is 43.5 Å². The third-order valence-corrected chi connectivity index (χ3v) is 10.4. The molecule has 0 aromatic carbocycles. The molecule has 5 N–H and O–H groups in total. The molecule has 6 nitrogen and oxygen atoms in total. The number of aliphatic hydroxyl groups excluding tert-OH is 4. The zero-order valence-corrected chi connectivity index (χ0v) is 33.9. The fourth-order valence-electron chi connectivity index (χ4n) is 6.83. The van der Waals surface area contributed by atoms with Gasteiger partial charge in [-0.15, -0.1) is 0 Å². The summed E-state index contributed by atoms with van der Waals surface area (Å²) in [4.78, 5) is 12.4. The maximum absolute atomic E-state index is 12.4. The maximum Gasteiger partial charge on any atom is 0.249 e. The smallest absolute Gasteiger partial charge is 0.249 e. The number of nitrogens with one attached hydrogen (secondary N) is 1. The number of hydrogen-bond donors (Lipinski definition) is 5. The highest BCUT2D eigenvalue weighted by molar-refractivity contribution is 5.80. The lowest BCUT2D eigenvalue weighted by molar-refractivity contribution is -0.132. The van der Waals surface area contributed by atoms with Crippen molar-refractivity contribution in [1.29, 1.82) is 0 Å². The van der Waals surface area contributed by atoms with E-state index in [-0.39, 0.29) is 0 Å². The summed E-state index contributed by atoms with van der Waals surface area (Å²) >= 11 is 0. The zero-order chi connectivity index (χ0) is 37.5. The van der Waals surface area contributed by atoms with Gasteiger partial charge in [0.15, 0.2) is 0 Å². The molecule has 0 radical (unpaired) electrons. The summed E-state index contributed by atoms with van der Waals surface area (Å²) in [6, 6.07) is -1.00. The van der Waals surface area contributed by atoms with Crippen LogP contribution in [0.1, 0.15) is 226 Å². The summed E-state index contributed by atoms with van der Waals surface area (Å²) < 4.78 is 0. The second-order valence-electron chi connectivity index (χ2n) is 15.4. The largest absolute Gasteiger partial charge is 0.394 e. The van der Waals surface area contributed by atoms with Gasteiger partial charge >= 0.3 is 0 Å². The van der Waals surface area contributed by atoms with Crippen LogP contribution in [0.5, 0.6) is 0 Å². The molecule has 302 valence electrons. The molecule has 0 rings (SSSR count). The van der Waals surface area contributed by atoms with Crippen LogP contribution in [0.15, 0.2) is 24.3 Å². The number of carbonyl (C=O) groups excluding carboxylic acids is 1. The monoisotopic (exact) mass is 722 g/mol. The summed E-state index contributed by atoms with van der Waals surface area (Å²) in [5.41, 5.74) is 0. The van der Waals surface area contributed by atoms with Crippen molar-refractivity contribution in [2.24, 2.45) is 0 Å². The quantitative estimate of drug-likeness (QED) is 0.0320. The summed E-state index contributed by atoms with van der Waals surface area (Å²) in [7, 11) is 0. The molecular weight excluding hydrogens is 634 g/mol. The van der Waals surface area contributed by atoms with Crippen LogP contribution in [-0.4, -0.2) is 57.3 Å². The van der Waals surface area contributed by atoms with Gasteiger partial charge in [-0.2, -0.15) is 0 Å². The number of amides is 1. The Balaban J connectivity index is 3.73. The van der Waals surface area contributed by atoms with Crippen molar-refractivity contribution < 1.29 is 25.2 Å². The van der Waals surface area contributed by atoms with Gasteiger partial charge in [-0.3, -0.25) is 4.79 Å². The van der Waals surface area contributed by atoms with Crippen LogP contribution < -0.4 is 5.32 Å². The van der Waals surface area contributed by atoms with Gasteiger partial charge in [0.2, 0.25) is 5.91 Å².